The summed E-state index contributed by atoms with van der Waals surface area (Å²) in [5.74, 6) is 0. The Morgan fingerprint density at radius 1 is 1.17 bits per heavy atom. The minimum absolute atomic E-state index is 0.226. The van der Waals surface area contributed by atoms with Crippen LogP contribution in [0, 0.1) is 0 Å². The highest BCUT2D eigenvalue weighted by molar-refractivity contribution is 7.25. The van der Waals surface area contributed by atoms with Gasteiger partial charge in [-0.1, -0.05) is 23.2 Å². The van der Waals surface area contributed by atoms with Crippen LogP contribution in [-0.2, 0) is 0 Å². The van der Waals surface area contributed by atoms with Gasteiger partial charge < -0.3 is 4.98 Å². The van der Waals surface area contributed by atoms with Crippen molar-refractivity contribution in [3.63, 3.8) is 0 Å². The second-order valence-electron chi connectivity index (χ2n) is 4.83. The number of aromatic nitrogens is 3. The minimum atomic E-state index is -0.560. The molecule has 1 aromatic carbocycles. The quantitative estimate of drug-likeness (QED) is 0.561. The molecule has 0 fully saturated rings. The van der Waals surface area contributed by atoms with Crippen LogP contribution in [0.4, 0.5) is 0 Å². The van der Waals surface area contributed by atoms with Gasteiger partial charge in [0.15, 0.2) is 0 Å². The van der Waals surface area contributed by atoms with Gasteiger partial charge in [0, 0.05) is 16.6 Å². The summed E-state index contributed by atoms with van der Waals surface area (Å²) < 4.78 is 1.43. The number of rotatable bonds is 1. The fraction of sp³-hybridized carbons (Fsp3) is 0. The van der Waals surface area contributed by atoms with Crippen molar-refractivity contribution in [2.24, 2.45) is 0 Å². The van der Waals surface area contributed by atoms with Gasteiger partial charge in [-0.25, -0.2) is 14.3 Å². The lowest BCUT2D eigenvalue weighted by Gasteiger charge is -2.07. The molecule has 0 spiro atoms. The van der Waals surface area contributed by atoms with Crippen LogP contribution in [0.2, 0.25) is 10.0 Å². The van der Waals surface area contributed by atoms with Gasteiger partial charge in [0.2, 0.25) is 0 Å². The zero-order valence-corrected chi connectivity index (χ0v) is 13.7. The summed E-state index contributed by atoms with van der Waals surface area (Å²) in [5, 5.41) is 1.40. The topological polar surface area (TPSA) is 67.8 Å². The first-order chi connectivity index (χ1) is 11.1. The van der Waals surface area contributed by atoms with Gasteiger partial charge in [-0.15, -0.1) is 11.3 Å². The predicted molar refractivity (Wildman–Crippen MR) is 93.4 cm³/mol. The Bertz CT molecular complexity index is 1190. The molecule has 0 amide bonds. The van der Waals surface area contributed by atoms with Crippen molar-refractivity contribution in [1.29, 1.82) is 0 Å². The number of aromatic amines is 1. The standard InChI is InChI=1S/C15H7Cl2N3O2S/c16-7-3-4-10(9(17)6-7)20-14(21)12-11(19-15(20)22)8-2-1-5-18-13(8)23-12/h1-6H,(H,19,22). The zero-order chi connectivity index (χ0) is 16.1. The number of hydrogen-bond donors (Lipinski definition) is 1. The molecule has 4 aromatic rings. The van der Waals surface area contributed by atoms with E-state index in [0.29, 0.717) is 20.1 Å². The Morgan fingerprint density at radius 3 is 2.78 bits per heavy atom. The molecule has 0 bridgehead atoms. The van der Waals surface area contributed by atoms with Gasteiger partial charge >= 0.3 is 5.69 Å². The van der Waals surface area contributed by atoms with Crippen LogP contribution in [0.5, 0.6) is 0 Å². The summed E-state index contributed by atoms with van der Waals surface area (Å²) in [7, 11) is 0. The van der Waals surface area contributed by atoms with Crippen LogP contribution in [-0.4, -0.2) is 14.5 Å². The van der Waals surface area contributed by atoms with Gasteiger partial charge in [0.05, 0.1) is 16.2 Å². The van der Waals surface area contributed by atoms with Gasteiger partial charge in [0.1, 0.15) is 9.53 Å². The molecule has 5 nitrogen and oxygen atoms in total. The van der Waals surface area contributed by atoms with Crippen molar-refractivity contribution >= 4 is 55.0 Å². The maximum absolute atomic E-state index is 12.8. The van der Waals surface area contributed by atoms with Crippen LogP contribution in [0.1, 0.15) is 0 Å². The first-order valence-electron chi connectivity index (χ1n) is 6.54. The summed E-state index contributed by atoms with van der Waals surface area (Å²) in [6, 6.07) is 8.18. The number of halogens is 2. The molecule has 23 heavy (non-hydrogen) atoms. The summed E-state index contributed by atoms with van der Waals surface area (Å²) in [6.45, 7) is 0. The third kappa shape index (κ3) is 2.18. The van der Waals surface area contributed by atoms with Crippen molar-refractivity contribution in [2.75, 3.05) is 0 Å². The lowest BCUT2D eigenvalue weighted by Crippen LogP contribution is -2.33. The molecule has 0 aliphatic heterocycles. The molecule has 3 aromatic heterocycles. The van der Waals surface area contributed by atoms with E-state index < -0.39 is 11.2 Å². The molecule has 0 saturated heterocycles. The average molecular weight is 364 g/mol. The molecule has 0 aliphatic rings. The molecule has 0 unspecified atom stereocenters. The number of thiophene rings is 1. The smallest absolute Gasteiger partial charge is 0.305 e. The number of H-pyrrole nitrogens is 1. The molecule has 1 N–H and O–H groups in total. The van der Waals surface area contributed by atoms with E-state index in [1.165, 1.54) is 17.4 Å². The summed E-state index contributed by atoms with van der Waals surface area (Å²) in [6.07, 6.45) is 1.64. The van der Waals surface area contributed by atoms with E-state index in [4.69, 9.17) is 23.2 Å². The molecular formula is C15H7Cl2N3O2S. The Kier molecular flexibility index (Phi) is 3.26. The van der Waals surface area contributed by atoms with E-state index in [0.717, 1.165) is 9.95 Å². The first-order valence-corrected chi connectivity index (χ1v) is 8.11. The van der Waals surface area contributed by atoms with Crippen molar-refractivity contribution in [2.45, 2.75) is 0 Å². The fourth-order valence-electron chi connectivity index (χ4n) is 2.45. The average Bonchev–Trinajstić information content (AvgIpc) is 2.88. The van der Waals surface area contributed by atoms with E-state index in [1.807, 2.05) is 6.07 Å². The van der Waals surface area contributed by atoms with Gasteiger partial charge in [0.25, 0.3) is 5.56 Å². The van der Waals surface area contributed by atoms with Crippen LogP contribution in [0.15, 0.2) is 46.1 Å². The highest BCUT2D eigenvalue weighted by Gasteiger charge is 2.16. The Morgan fingerprint density at radius 2 is 2.00 bits per heavy atom. The lowest BCUT2D eigenvalue weighted by atomic mass is 10.3. The lowest BCUT2D eigenvalue weighted by molar-refractivity contribution is 0.905. The second-order valence-corrected chi connectivity index (χ2v) is 6.67. The fourth-order valence-corrected chi connectivity index (χ4v) is 3.97. The monoisotopic (exact) mass is 363 g/mol. The minimum Gasteiger partial charge on any atom is -0.305 e. The second kappa shape index (κ2) is 5.19. The maximum atomic E-state index is 12.8. The molecular weight excluding hydrogens is 357 g/mol. The number of hydrogen-bond acceptors (Lipinski definition) is 4. The van der Waals surface area contributed by atoms with Crippen molar-refractivity contribution in [3.8, 4) is 5.69 Å². The Labute approximate surface area is 142 Å². The predicted octanol–water partition coefficient (Wildman–Crippen LogP) is 3.60. The van der Waals surface area contributed by atoms with Gasteiger partial charge in [-0.2, -0.15) is 0 Å². The Hall–Kier alpha value is -2.15. The molecule has 8 heteroatoms. The van der Waals surface area contributed by atoms with Crippen molar-refractivity contribution < 1.29 is 0 Å². The van der Waals surface area contributed by atoms with E-state index >= 15 is 0 Å². The molecule has 3 heterocycles. The van der Waals surface area contributed by atoms with E-state index in [2.05, 4.69) is 9.97 Å². The van der Waals surface area contributed by atoms with Crippen molar-refractivity contribution in [1.82, 2.24) is 14.5 Å². The number of fused-ring (bicyclic) bond motifs is 3. The summed E-state index contributed by atoms with van der Waals surface area (Å²) >= 11 is 13.2. The largest absolute Gasteiger partial charge is 0.333 e. The van der Waals surface area contributed by atoms with E-state index in [9.17, 15) is 9.59 Å². The van der Waals surface area contributed by atoms with Gasteiger partial charge in [-0.3, -0.25) is 4.79 Å². The van der Waals surface area contributed by atoms with Crippen LogP contribution < -0.4 is 11.2 Å². The Balaban J connectivity index is 2.15. The van der Waals surface area contributed by atoms with E-state index in [1.54, 1.807) is 24.4 Å². The highest BCUT2D eigenvalue weighted by Crippen LogP contribution is 2.28. The number of benzene rings is 1. The van der Waals surface area contributed by atoms with Crippen LogP contribution >= 0.6 is 34.5 Å². The van der Waals surface area contributed by atoms with Crippen molar-refractivity contribution in [3.05, 3.63) is 67.4 Å². The molecule has 4 rings (SSSR count). The molecule has 0 aliphatic carbocycles. The SMILES string of the molecule is O=c1[nH]c2c(sc3ncccc32)c(=O)n1-c1ccc(Cl)cc1Cl. The zero-order valence-electron chi connectivity index (χ0n) is 11.3. The molecule has 114 valence electrons. The molecule has 0 saturated carbocycles. The number of nitrogens with one attached hydrogen (secondary N) is 1. The third-order valence-electron chi connectivity index (χ3n) is 3.45. The molecule has 0 atom stereocenters. The number of pyridine rings is 1. The third-order valence-corrected chi connectivity index (χ3v) is 5.09. The van der Waals surface area contributed by atoms with E-state index in [-0.39, 0.29) is 10.7 Å². The van der Waals surface area contributed by atoms with Gasteiger partial charge in [-0.05, 0) is 30.3 Å². The number of nitrogens with zero attached hydrogens (tertiary/aromatic N) is 2. The van der Waals surface area contributed by atoms with Crippen LogP contribution in [0.3, 0.4) is 0 Å². The highest BCUT2D eigenvalue weighted by atomic mass is 35.5. The van der Waals surface area contributed by atoms with Crippen LogP contribution in [0.25, 0.3) is 26.1 Å². The summed E-state index contributed by atoms with van der Waals surface area (Å²) in [4.78, 5) is 32.9. The maximum Gasteiger partial charge on any atom is 0.333 e. The first kappa shape index (κ1) is 14.4. The normalized spacial score (nSPS) is 11.4. The molecule has 0 radical (unpaired) electrons. The summed E-state index contributed by atoms with van der Waals surface area (Å²) in [5.41, 5.74) is -0.213.